The zero-order chi connectivity index (χ0) is 16.2. The summed E-state index contributed by atoms with van der Waals surface area (Å²) < 4.78 is 10.5. The summed E-state index contributed by atoms with van der Waals surface area (Å²) >= 11 is 1.46. The molecule has 3 rings (SSSR count). The number of ketones is 1. The van der Waals surface area contributed by atoms with Crippen molar-refractivity contribution in [3.63, 3.8) is 0 Å². The van der Waals surface area contributed by atoms with Crippen LogP contribution < -0.4 is 20.1 Å². The van der Waals surface area contributed by atoms with E-state index in [9.17, 15) is 9.59 Å². The first kappa shape index (κ1) is 15.4. The molecule has 0 atom stereocenters. The molecular formula is C16H16N2O4S. The Morgan fingerprint density at radius 2 is 2.00 bits per heavy atom. The number of amides is 2. The molecule has 1 aliphatic rings. The first-order chi connectivity index (χ1) is 11.1. The Balaban J connectivity index is 1.47. The third-order valence-corrected chi connectivity index (χ3v) is 4.54. The highest BCUT2D eigenvalue weighted by Crippen LogP contribution is 2.34. The van der Waals surface area contributed by atoms with E-state index in [0.29, 0.717) is 30.2 Å². The van der Waals surface area contributed by atoms with Crippen LogP contribution in [0.3, 0.4) is 0 Å². The Hall–Kier alpha value is -2.54. The van der Waals surface area contributed by atoms with Crippen molar-refractivity contribution in [3.05, 3.63) is 40.1 Å². The summed E-state index contributed by atoms with van der Waals surface area (Å²) in [4.78, 5) is 24.9. The third-order valence-electron chi connectivity index (χ3n) is 3.30. The predicted octanol–water partition coefficient (Wildman–Crippen LogP) is 3.04. The fourth-order valence-corrected chi connectivity index (χ4v) is 3.05. The summed E-state index contributed by atoms with van der Waals surface area (Å²) in [6, 6.07) is 8.68. The van der Waals surface area contributed by atoms with E-state index in [-0.39, 0.29) is 18.6 Å². The molecule has 120 valence electrons. The molecule has 1 aromatic heterocycles. The molecule has 23 heavy (non-hydrogen) atoms. The summed E-state index contributed by atoms with van der Waals surface area (Å²) in [5, 5.41) is 5.53. The van der Waals surface area contributed by atoms with E-state index in [1.165, 1.54) is 11.3 Å². The number of fused-ring (bicyclic) bond motifs is 1. The van der Waals surface area contributed by atoms with Gasteiger partial charge in [0.1, 0.15) is 0 Å². The largest absolute Gasteiger partial charge is 0.454 e. The van der Waals surface area contributed by atoms with Gasteiger partial charge in [0.2, 0.25) is 6.79 Å². The van der Waals surface area contributed by atoms with Gasteiger partial charge in [-0.05, 0) is 37.6 Å². The molecule has 1 aliphatic heterocycles. The number of benzene rings is 1. The lowest BCUT2D eigenvalue weighted by Gasteiger charge is -2.07. The Morgan fingerprint density at radius 1 is 1.17 bits per heavy atom. The number of hydrogen-bond acceptors (Lipinski definition) is 5. The van der Waals surface area contributed by atoms with Crippen LogP contribution in [0, 0.1) is 0 Å². The van der Waals surface area contributed by atoms with Gasteiger partial charge >= 0.3 is 6.03 Å². The minimum Gasteiger partial charge on any atom is -0.454 e. The summed E-state index contributed by atoms with van der Waals surface area (Å²) in [5.74, 6) is 1.36. The van der Waals surface area contributed by atoms with Gasteiger partial charge < -0.3 is 20.1 Å². The zero-order valence-corrected chi connectivity index (χ0v) is 13.4. The number of hydrogen-bond donors (Lipinski definition) is 2. The Bertz CT molecular complexity index is 741. The lowest BCUT2D eigenvalue weighted by molar-refractivity contribution is 0.102. The van der Waals surface area contributed by atoms with Crippen molar-refractivity contribution in [1.82, 2.24) is 5.32 Å². The molecule has 0 saturated heterocycles. The lowest BCUT2D eigenvalue weighted by atomic mass is 10.3. The van der Waals surface area contributed by atoms with Crippen molar-refractivity contribution in [3.8, 4) is 11.5 Å². The molecule has 6 nitrogen and oxygen atoms in total. The molecule has 0 aliphatic carbocycles. The van der Waals surface area contributed by atoms with E-state index < -0.39 is 0 Å². The first-order valence-electron chi connectivity index (χ1n) is 7.16. The molecule has 0 spiro atoms. The van der Waals surface area contributed by atoms with Crippen LogP contribution >= 0.6 is 11.3 Å². The van der Waals surface area contributed by atoms with Crippen LogP contribution in [0.4, 0.5) is 10.5 Å². The van der Waals surface area contributed by atoms with Crippen molar-refractivity contribution in [2.75, 3.05) is 18.7 Å². The maximum absolute atomic E-state index is 11.9. The SMILES string of the molecule is CC(=O)c1ccc(CCNC(=O)Nc2ccc3c(c2)OCO3)s1. The van der Waals surface area contributed by atoms with Crippen LogP contribution in [0.5, 0.6) is 11.5 Å². The van der Waals surface area contributed by atoms with Gasteiger partial charge in [-0.1, -0.05) is 0 Å². The molecule has 0 radical (unpaired) electrons. The summed E-state index contributed by atoms with van der Waals surface area (Å²) in [7, 11) is 0. The number of nitrogens with one attached hydrogen (secondary N) is 2. The van der Waals surface area contributed by atoms with Gasteiger partial charge in [0.05, 0.1) is 4.88 Å². The van der Waals surface area contributed by atoms with E-state index in [1.54, 1.807) is 25.1 Å². The highest BCUT2D eigenvalue weighted by molar-refractivity contribution is 7.14. The second-order valence-electron chi connectivity index (χ2n) is 5.02. The molecular weight excluding hydrogens is 316 g/mol. The highest BCUT2D eigenvalue weighted by atomic mass is 32.1. The first-order valence-corrected chi connectivity index (χ1v) is 7.97. The average Bonchev–Trinajstić information content (AvgIpc) is 3.15. The summed E-state index contributed by atoms with van der Waals surface area (Å²) in [5.41, 5.74) is 0.640. The number of thiophene rings is 1. The number of carbonyl (C=O) groups excluding carboxylic acids is 2. The minimum atomic E-state index is -0.285. The number of ether oxygens (including phenoxy) is 2. The molecule has 7 heteroatoms. The maximum atomic E-state index is 11.9. The van der Waals surface area contributed by atoms with Crippen LogP contribution in [0.15, 0.2) is 30.3 Å². The van der Waals surface area contributed by atoms with E-state index in [0.717, 1.165) is 9.75 Å². The predicted molar refractivity (Wildman–Crippen MR) is 87.6 cm³/mol. The van der Waals surface area contributed by atoms with Gasteiger partial charge in [0.25, 0.3) is 0 Å². The number of anilines is 1. The van der Waals surface area contributed by atoms with Gasteiger partial charge in [-0.2, -0.15) is 0 Å². The molecule has 1 aromatic carbocycles. The third kappa shape index (κ3) is 3.81. The minimum absolute atomic E-state index is 0.0646. The van der Waals surface area contributed by atoms with Crippen molar-refractivity contribution in [2.45, 2.75) is 13.3 Å². The summed E-state index contributed by atoms with van der Waals surface area (Å²) in [6.45, 7) is 2.25. The lowest BCUT2D eigenvalue weighted by Crippen LogP contribution is -2.30. The van der Waals surface area contributed by atoms with E-state index in [4.69, 9.17) is 9.47 Å². The normalized spacial score (nSPS) is 12.0. The zero-order valence-electron chi connectivity index (χ0n) is 12.5. The molecule has 0 unspecified atom stereocenters. The van der Waals surface area contributed by atoms with Gasteiger partial charge in [0.15, 0.2) is 17.3 Å². The highest BCUT2D eigenvalue weighted by Gasteiger charge is 2.14. The monoisotopic (exact) mass is 332 g/mol. The molecule has 2 heterocycles. The van der Waals surface area contributed by atoms with E-state index >= 15 is 0 Å². The smallest absolute Gasteiger partial charge is 0.319 e. The second-order valence-corrected chi connectivity index (χ2v) is 6.19. The second kappa shape index (κ2) is 6.70. The van der Waals surface area contributed by atoms with Crippen molar-refractivity contribution in [1.29, 1.82) is 0 Å². The quantitative estimate of drug-likeness (QED) is 0.825. The number of urea groups is 1. The van der Waals surface area contributed by atoms with Crippen LogP contribution in [0.1, 0.15) is 21.5 Å². The molecule has 2 amide bonds. The van der Waals surface area contributed by atoms with Crippen LogP contribution in [-0.2, 0) is 6.42 Å². The number of rotatable bonds is 5. The molecule has 2 aromatic rings. The van der Waals surface area contributed by atoms with E-state index in [2.05, 4.69) is 10.6 Å². The van der Waals surface area contributed by atoms with Crippen LogP contribution in [-0.4, -0.2) is 25.2 Å². The summed E-state index contributed by atoms with van der Waals surface area (Å²) in [6.07, 6.45) is 0.687. The number of carbonyl (C=O) groups is 2. The van der Waals surface area contributed by atoms with Gasteiger partial charge in [-0.25, -0.2) is 4.79 Å². The fraction of sp³-hybridized carbons (Fsp3) is 0.250. The van der Waals surface area contributed by atoms with Crippen LogP contribution in [0.2, 0.25) is 0 Å². The van der Waals surface area contributed by atoms with Crippen molar-refractivity contribution in [2.24, 2.45) is 0 Å². The van der Waals surface area contributed by atoms with Crippen molar-refractivity contribution >= 4 is 28.8 Å². The topological polar surface area (TPSA) is 76.7 Å². The Kier molecular flexibility index (Phi) is 4.47. The molecule has 2 N–H and O–H groups in total. The fourth-order valence-electron chi connectivity index (χ4n) is 2.15. The van der Waals surface area contributed by atoms with Gasteiger partial charge in [-0.3, -0.25) is 4.79 Å². The molecule has 0 saturated carbocycles. The maximum Gasteiger partial charge on any atom is 0.319 e. The van der Waals surface area contributed by atoms with Crippen LogP contribution in [0.25, 0.3) is 0 Å². The Morgan fingerprint density at radius 3 is 2.78 bits per heavy atom. The van der Waals surface area contributed by atoms with E-state index in [1.807, 2.05) is 12.1 Å². The molecule has 0 bridgehead atoms. The Labute approximate surface area is 137 Å². The molecule has 0 fully saturated rings. The number of Topliss-reactive ketones (excluding diaryl/α,β-unsaturated/α-hetero) is 1. The van der Waals surface area contributed by atoms with Gasteiger partial charge in [0, 0.05) is 23.2 Å². The van der Waals surface area contributed by atoms with Gasteiger partial charge in [-0.15, -0.1) is 11.3 Å². The standard InChI is InChI=1S/C16H16N2O4S/c1-10(19)15-5-3-12(23-15)6-7-17-16(20)18-11-2-4-13-14(8-11)22-9-21-13/h2-5,8H,6-7,9H2,1H3,(H2,17,18,20). The average molecular weight is 332 g/mol. The van der Waals surface area contributed by atoms with Crippen molar-refractivity contribution < 1.29 is 19.1 Å².